The second-order valence-electron chi connectivity index (χ2n) is 7.79. The third-order valence-electron chi connectivity index (χ3n) is 5.34. The van der Waals surface area contributed by atoms with Gasteiger partial charge in [-0.2, -0.15) is 0 Å². The van der Waals surface area contributed by atoms with E-state index >= 15 is 0 Å². The van der Waals surface area contributed by atoms with E-state index in [4.69, 9.17) is 0 Å². The van der Waals surface area contributed by atoms with E-state index in [9.17, 15) is 9.59 Å². The molecule has 0 aromatic heterocycles. The number of benzene rings is 4. The molecule has 166 valence electrons. The monoisotopic (exact) mass is 446 g/mol. The third-order valence-corrected chi connectivity index (χ3v) is 5.34. The quantitative estimate of drug-likeness (QED) is 0.211. The van der Waals surface area contributed by atoms with Crippen LogP contribution in [0.15, 0.2) is 119 Å². The third kappa shape index (κ3) is 4.66. The van der Waals surface area contributed by atoms with Crippen molar-refractivity contribution in [3.63, 3.8) is 0 Å². The number of hydrogen-bond donors (Lipinski definition) is 4. The molecule has 0 amide bonds. The van der Waals surface area contributed by atoms with Gasteiger partial charge >= 0.3 is 0 Å². The Kier molecular flexibility index (Phi) is 5.78. The molecule has 0 aliphatic heterocycles. The normalized spacial score (nSPS) is 10.6. The lowest BCUT2D eigenvalue weighted by molar-refractivity contribution is 1.36. The maximum absolute atomic E-state index is 12.2. The molecule has 34 heavy (non-hydrogen) atoms. The van der Waals surface area contributed by atoms with Crippen molar-refractivity contribution in [3.05, 3.63) is 130 Å². The van der Waals surface area contributed by atoms with Gasteiger partial charge in [0.25, 0.3) is 10.9 Å². The van der Waals surface area contributed by atoms with Crippen LogP contribution in [0.3, 0.4) is 0 Å². The van der Waals surface area contributed by atoms with Crippen LogP contribution in [0, 0.1) is 0 Å². The molecule has 5 aromatic carbocycles. The van der Waals surface area contributed by atoms with E-state index in [2.05, 4.69) is 21.3 Å². The number of para-hydroxylation sites is 2. The van der Waals surface area contributed by atoms with Gasteiger partial charge in [0.1, 0.15) is 11.4 Å². The average Bonchev–Trinajstić information content (AvgIpc) is 2.89. The van der Waals surface area contributed by atoms with Gasteiger partial charge in [-0.3, -0.25) is 9.59 Å². The summed E-state index contributed by atoms with van der Waals surface area (Å²) in [6.45, 7) is 0. The molecule has 0 radical (unpaired) electrons. The molecule has 0 heterocycles. The number of nitrogens with one attached hydrogen (secondary N) is 4. The van der Waals surface area contributed by atoms with Gasteiger partial charge in [-0.1, -0.05) is 36.4 Å². The molecule has 5 rings (SSSR count). The van der Waals surface area contributed by atoms with E-state index in [1.165, 1.54) is 0 Å². The van der Waals surface area contributed by atoms with Crippen molar-refractivity contribution in [2.45, 2.75) is 0 Å². The van der Waals surface area contributed by atoms with Crippen molar-refractivity contribution in [3.8, 4) is 0 Å². The topological polar surface area (TPSA) is 82.3 Å². The minimum atomic E-state index is -0.531. The first kappa shape index (κ1) is 21.0. The maximum atomic E-state index is 12.2. The summed E-state index contributed by atoms with van der Waals surface area (Å²) in [5.41, 5.74) is 4.72. The second-order valence-corrected chi connectivity index (χ2v) is 7.79. The summed E-state index contributed by atoms with van der Waals surface area (Å²) in [7, 11) is 0. The fraction of sp³-hybridized carbons (Fsp3) is 0. The fourth-order valence-corrected chi connectivity index (χ4v) is 3.57. The standard InChI is InChI=1S/C28H22N4O2/c33-27-25(31-23-15-11-21(12-16-23)29-19-7-3-1-4-8-19)26(28(27)34)32-24-17-13-22(14-18-24)30-20-9-5-2-6-10-20/h1-18,29-32H. The van der Waals surface area contributed by atoms with E-state index in [0.717, 1.165) is 34.1 Å². The summed E-state index contributed by atoms with van der Waals surface area (Å²) in [5.74, 6) is 0. The first-order valence-corrected chi connectivity index (χ1v) is 10.9. The van der Waals surface area contributed by atoms with E-state index in [0.29, 0.717) is 0 Å². The highest BCUT2D eigenvalue weighted by atomic mass is 16.2. The van der Waals surface area contributed by atoms with Crippen LogP contribution in [0.25, 0.3) is 0 Å². The van der Waals surface area contributed by atoms with Crippen molar-refractivity contribution in [2.75, 3.05) is 21.3 Å². The van der Waals surface area contributed by atoms with Crippen LogP contribution >= 0.6 is 0 Å². The Labute approximate surface area is 196 Å². The Hall–Kier alpha value is -4.84. The highest BCUT2D eigenvalue weighted by molar-refractivity contribution is 5.82. The molecule has 0 saturated heterocycles. The van der Waals surface area contributed by atoms with Gasteiger partial charge in [-0.05, 0) is 72.8 Å². The van der Waals surface area contributed by atoms with Crippen LogP contribution in [-0.2, 0) is 0 Å². The number of anilines is 8. The lowest BCUT2D eigenvalue weighted by Gasteiger charge is -2.16. The summed E-state index contributed by atoms with van der Waals surface area (Å²) < 4.78 is 0. The van der Waals surface area contributed by atoms with Gasteiger partial charge in [0, 0.05) is 34.1 Å². The van der Waals surface area contributed by atoms with Gasteiger partial charge in [-0.25, -0.2) is 0 Å². The predicted octanol–water partition coefficient (Wildman–Crippen LogP) is 6.26. The van der Waals surface area contributed by atoms with E-state index in [1.807, 2.05) is 109 Å². The van der Waals surface area contributed by atoms with Crippen LogP contribution < -0.4 is 32.1 Å². The Morgan fingerprint density at radius 2 is 0.588 bits per heavy atom. The van der Waals surface area contributed by atoms with Crippen LogP contribution in [0.1, 0.15) is 0 Å². The summed E-state index contributed by atoms with van der Waals surface area (Å²) in [4.78, 5) is 24.4. The van der Waals surface area contributed by atoms with Crippen LogP contribution in [-0.4, -0.2) is 0 Å². The zero-order chi connectivity index (χ0) is 23.3. The minimum absolute atomic E-state index is 0.264. The molecule has 0 aliphatic carbocycles. The highest BCUT2D eigenvalue weighted by Gasteiger charge is 2.21. The molecule has 5 aromatic rings. The average molecular weight is 447 g/mol. The number of rotatable bonds is 8. The van der Waals surface area contributed by atoms with Gasteiger partial charge < -0.3 is 21.3 Å². The minimum Gasteiger partial charge on any atom is -0.356 e. The van der Waals surface area contributed by atoms with E-state index in [1.54, 1.807) is 0 Å². The Balaban J connectivity index is 1.25. The van der Waals surface area contributed by atoms with Crippen LogP contribution in [0.5, 0.6) is 0 Å². The summed E-state index contributed by atoms with van der Waals surface area (Å²) in [6.07, 6.45) is 0. The molecule has 0 spiro atoms. The fourth-order valence-electron chi connectivity index (χ4n) is 3.57. The first-order valence-electron chi connectivity index (χ1n) is 10.9. The van der Waals surface area contributed by atoms with Crippen molar-refractivity contribution in [2.24, 2.45) is 0 Å². The van der Waals surface area contributed by atoms with Gasteiger partial charge in [-0.15, -0.1) is 0 Å². The van der Waals surface area contributed by atoms with E-state index in [-0.39, 0.29) is 11.4 Å². The summed E-state index contributed by atoms with van der Waals surface area (Å²) >= 11 is 0. The Morgan fingerprint density at radius 3 is 0.912 bits per heavy atom. The van der Waals surface area contributed by atoms with Gasteiger partial charge in [0.2, 0.25) is 0 Å². The lowest BCUT2D eigenvalue weighted by Crippen LogP contribution is -2.35. The van der Waals surface area contributed by atoms with Crippen molar-refractivity contribution >= 4 is 45.5 Å². The zero-order valence-electron chi connectivity index (χ0n) is 18.2. The molecule has 6 heteroatoms. The second kappa shape index (κ2) is 9.34. The first-order chi connectivity index (χ1) is 16.7. The largest absolute Gasteiger partial charge is 0.356 e. The van der Waals surface area contributed by atoms with Crippen molar-refractivity contribution in [1.82, 2.24) is 0 Å². The van der Waals surface area contributed by atoms with Crippen molar-refractivity contribution < 1.29 is 0 Å². The smallest absolute Gasteiger partial charge is 0.253 e. The zero-order valence-corrected chi connectivity index (χ0v) is 18.2. The number of hydrogen-bond acceptors (Lipinski definition) is 6. The van der Waals surface area contributed by atoms with Crippen molar-refractivity contribution in [1.29, 1.82) is 0 Å². The molecule has 0 atom stereocenters. The molecular weight excluding hydrogens is 424 g/mol. The van der Waals surface area contributed by atoms with Gasteiger partial charge in [0.05, 0.1) is 0 Å². The molecule has 0 bridgehead atoms. The summed E-state index contributed by atoms with van der Waals surface area (Å²) in [6, 6.07) is 34.8. The molecule has 6 nitrogen and oxygen atoms in total. The maximum Gasteiger partial charge on any atom is 0.253 e. The molecule has 0 unspecified atom stereocenters. The highest BCUT2D eigenvalue weighted by Crippen LogP contribution is 2.27. The summed E-state index contributed by atoms with van der Waals surface area (Å²) in [5, 5.41) is 12.8. The van der Waals surface area contributed by atoms with Crippen LogP contribution in [0.2, 0.25) is 0 Å². The molecule has 4 N–H and O–H groups in total. The molecule has 0 aliphatic rings. The van der Waals surface area contributed by atoms with Crippen LogP contribution in [0.4, 0.5) is 45.5 Å². The molecule has 0 fully saturated rings. The lowest BCUT2D eigenvalue weighted by atomic mass is 10.1. The molecule has 0 saturated carbocycles. The Bertz CT molecular complexity index is 1340. The Morgan fingerprint density at radius 1 is 0.324 bits per heavy atom. The van der Waals surface area contributed by atoms with Gasteiger partial charge in [0.15, 0.2) is 0 Å². The molecular formula is C28H22N4O2. The predicted molar refractivity (Wildman–Crippen MR) is 140 cm³/mol. The van der Waals surface area contributed by atoms with E-state index < -0.39 is 10.9 Å². The SMILES string of the molecule is O=c1c(Nc2ccc(Nc3ccccc3)cc2)c(Nc2ccc(Nc3ccccc3)cc2)c1=O.